The van der Waals surface area contributed by atoms with Gasteiger partial charge in [0.2, 0.25) is 0 Å². The van der Waals surface area contributed by atoms with E-state index in [1.54, 1.807) is 0 Å². The van der Waals surface area contributed by atoms with E-state index in [4.69, 9.17) is 4.74 Å². The van der Waals surface area contributed by atoms with Gasteiger partial charge in [-0.15, -0.1) is 0 Å². The van der Waals surface area contributed by atoms with E-state index in [-0.39, 0.29) is 12.0 Å². The number of hydrogen-bond donors (Lipinski definition) is 1. The lowest BCUT2D eigenvalue weighted by molar-refractivity contribution is -0.150. The van der Waals surface area contributed by atoms with Crippen molar-refractivity contribution in [3.63, 3.8) is 0 Å². The largest absolute Gasteiger partial charge is 0.465 e. The average Bonchev–Trinajstić information content (AvgIpc) is 1.85. The first-order valence-electron chi connectivity index (χ1n) is 4.35. The van der Waals surface area contributed by atoms with E-state index < -0.39 is 5.54 Å². The maximum Gasteiger partial charge on any atom is 0.325 e. The molecule has 0 aliphatic heterocycles. The standard InChI is InChI=1S/C9H19NO2/c1-6-12-8(11)9(4,5)10-7(2)3/h7,10H,6H2,1-5H3. The molecule has 0 spiro atoms. The Balaban J connectivity index is 4.09. The number of carbonyl (C=O) groups excluding carboxylic acids is 1. The van der Waals surface area contributed by atoms with Gasteiger partial charge in [-0.1, -0.05) is 0 Å². The number of ether oxygens (including phenoxy) is 1. The summed E-state index contributed by atoms with van der Waals surface area (Å²) in [6.45, 7) is 9.89. The molecular weight excluding hydrogens is 154 g/mol. The van der Waals surface area contributed by atoms with Gasteiger partial charge in [-0.05, 0) is 34.6 Å². The molecule has 0 unspecified atom stereocenters. The van der Waals surface area contributed by atoms with Gasteiger partial charge in [0, 0.05) is 6.04 Å². The molecule has 0 aromatic rings. The second-order valence-corrected chi connectivity index (χ2v) is 3.64. The molecule has 72 valence electrons. The van der Waals surface area contributed by atoms with E-state index in [1.807, 2.05) is 34.6 Å². The molecule has 0 saturated carbocycles. The maximum absolute atomic E-state index is 11.3. The summed E-state index contributed by atoms with van der Waals surface area (Å²) in [5, 5.41) is 3.13. The van der Waals surface area contributed by atoms with Crippen LogP contribution in [0, 0.1) is 0 Å². The van der Waals surface area contributed by atoms with Gasteiger partial charge < -0.3 is 10.1 Å². The van der Waals surface area contributed by atoms with Crippen molar-refractivity contribution in [1.82, 2.24) is 5.32 Å². The fourth-order valence-corrected chi connectivity index (χ4v) is 1.09. The third-order valence-corrected chi connectivity index (χ3v) is 1.44. The third kappa shape index (κ3) is 3.72. The Morgan fingerprint density at radius 3 is 2.33 bits per heavy atom. The van der Waals surface area contributed by atoms with Crippen LogP contribution >= 0.6 is 0 Å². The Morgan fingerprint density at radius 2 is 2.00 bits per heavy atom. The molecule has 0 heterocycles. The first kappa shape index (κ1) is 11.4. The van der Waals surface area contributed by atoms with E-state index in [0.29, 0.717) is 6.61 Å². The Kier molecular flexibility index (Phi) is 4.24. The molecule has 0 aliphatic carbocycles. The normalized spacial score (nSPS) is 11.8. The molecule has 0 aromatic carbocycles. The van der Waals surface area contributed by atoms with Crippen LogP contribution in [0.4, 0.5) is 0 Å². The fourth-order valence-electron chi connectivity index (χ4n) is 1.09. The Labute approximate surface area is 74.5 Å². The second kappa shape index (κ2) is 4.45. The molecule has 0 atom stereocenters. The molecule has 1 N–H and O–H groups in total. The summed E-state index contributed by atoms with van der Waals surface area (Å²) in [5.74, 6) is -0.196. The van der Waals surface area contributed by atoms with Gasteiger partial charge >= 0.3 is 5.97 Å². The summed E-state index contributed by atoms with van der Waals surface area (Å²) in [6, 6.07) is 0.282. The molecule has 0 fully saturated rings. The summed E-state index contributed by atoms with van der Waals surface area (Å²) in [5.41, 5.74) is -0.579. The minimum atomic E-state index is -0.579. The van der Waals surface area contributed by atoms with Crippen molar-refractivity contribution in [2.45, 2.75) is 46.2 Å². The van der Waals surface area contributed by atoms with Gasteiger partial charge in [0.15, 0.2) is 0 Å². The highest BCUT2D eigenvalue weighted by Gasteiger charge is 2.28. The van der Waals surface area contributed by atoms with Crippen molar-refractivity contribution in [3.8, 4) is 0 Å². The van der Waals surface area contributed by atoms with Gasteiger partial charge in [0.05, 0.1) is 6.61 Å². The SMILES string of the molecule is CCOC(=O)C(C)(C)NC(C)C. The number of nitrogens with one attached hydrogen (secondary N) is 1. The summed E-state index contributed by atoms with van der Waals surface area (Å²) in [6.07, 6.45) is 0. The van der Waals surface area contributed by atoms with Crippen LogP contribution in [0.2, 0.25) is 0 Å². The summed E-state index contributed by atoms with van der Waals surface area (Å²) < 4.78 is 4.91. The topological polar surface area (TPSA) is 38.3 Å². The zero-order chi connectivity index (χ0) is 9.78. The first-order chi connectivity index (χ1) is 5.40. The van der Waals surface area contributed by atoms with Gasteiger partial charge in [-0.3, -0.25) is 4.79 Å². The lowest BCUT2D eigenvalue weighted by Gasteiger charge is -2.26. The lowest BCUT2D eigenvalue weighted by atomic mass is 10.1. The molecule has 3 heteroatoms. The van der Waals surface area contributed by atoms with Gasteiger partial charge in [-0.2, -0.15) is 0 Å². The van der Waals surface area contributed by atoms with E-state index in [0.717, 1.165) is 0 Å². The van der Waals surface area contributed by atoms with E-state index >= 15 is 0 Å². The van der Waals surface area contributed by atoms with Crippen LogP contribution in [0.25, 0.3) is 0 Å². The molecule has 12 heavy (non-hydrogen) atoms. The van der Waals surface area contributed by atoms with Crippen LogP contribution in [0.15, 0.2) is 0 Å². The molecular formula is C9H19NO2. The van der Waals surface area contributed by atoms with Crippen molar-refractivity contribution >= 4 is 5.97 Å². The van der Waals surface area contributed by atoms with Crippen molar-refractivity contribution in [2.24, 2.45) is 0 Å². The first-order valence-corrected chi connectivity index (χ1v) is 4.35. The number of rotatable bonds is 4. The average molecular weight is 173 g/mol. The van der Waals surface area contributed by atoms with Crippen molar-refractivity contribution in [1.29, 1.82) is 0 Å². The molecule has 0 amide bonds. The zero-order valence-electron chi connectivity index (χ0n) is 8.60. The van der Waals surface area contributed by atoms with Crippen LogP contribution in [0.5, 0.6) is 0 Å². The van der Waals surface area contributed by atoms with Gasteiger partial charge in [0.25, 0.3) is 0 Å². The fraction of sp³-hybridized carbons (Fsp3) is 0.889. The van der Waals surface area contributed by atoms with Gasteiger partial charge in [0.1, 0.15) is 5.54 Å². The van der Waals surface area contributed by atoms with Crippen molar-refractivity contribution in [3.05, 3.63) is 0 Å². The minimum absolute atomic E-state index is 0.196. The zero-order valence-corrected chi connectivity index (χ0v) is 8.60. The Hall–Kier alpha value is -0.570. The van der Waals surface area contributed by atoms with Gasteiger partial charge in [-0.25, -0.2) is 0 Å². The molecule has 0 bridgehead atoms. The molecule has 0 aromatic heterocycles. The number of carbonyl (C=O) groups is 1. The van der Waals surface area contributed by atoms with Crippen molar-refractivity contribution < 1.29 is 9.53 Å². The smallest absolute Gasteiger partial charge is 0.325 e. The Bertz CT molecular complexity index is 153. The monoisotopic (exact) mass is 173 g/mol. The maximum atomic E-state index is 11.3. The van der Waals surface area contributed by atoms with Crippen LogP contribution < -0.4 is 5.32 Å². The highest BCUT2D eigenvalue weighted by Crippen LogP contribution is 2.06. The molecule has 0 rings (SSSR count). The molecule has 0 aliphatic rings. The Morgan fingerprint density at radius 1 is 1.50 bits per heavy atom. The van der Waals surface area contributed by atoms with Crippen molar-refractivity contribution in [2.75, 3.05) is 6.61 Å². The number of hydrogen-bond acceptors (Lipinski definition) is 3. The van der Waals surface area contributed by atoms with Crippen LogP contribution in [-0.4, -0.2) is 24.2 Å². The second-order valence-electron chi connectivity index (χ2n) is 3.64. The van der Waals surface area contributed by atoms with Crippen LogP contribution in [0.1, 0.15) is 34.6 Å². The summed E-state index contributed by atoms with van der Waals surface area (Å²) in [7, 11) is 0. The van der Waals surface area contributed by atoms with E-state index in [9.17, 15) is 4.79 Å². The summed E-state index contributed by atoms with van der Waals surface area (Å²) >= 11 is 0. The van der Waals surface area contributed by atoms with E-state index in [2.05, 4.69) is 5.32 Å². The molecule has 3 nitrogen and oxygen atoms in total. The minimum Gasteiger partial charge on any atom is -0.465 e. The molecule has 0 radical (unpaired) electrons. The van der Waals surface area contributed by atoms with Crippen LogP contribution in [-0.2, 0) is 9.53 Å². The molecule has 0 saturated heterocycles. The third-order valence-electron chi connectivity index (χ3n) is 1.44. The predicted octanol–water partition coefficient (Wildman–Crippen LogP) is 1.33. The highest BCUT2D eigenvalue weighted by molar-refractivity contribution is 5.79. The number of esters is 1. The quantitative estimate of drug-likeness (QED) is 0.652. The lowest BCUT2D eigenvalue weighted by Crippen LogP contribution is -2.50. The highest BCUT2D eigenvalue weighted by atomic mass is 16.5. The van der Waals surface area contributed by atoms with Crippen LogP contribution in [0.3, 0.4) is 0 Å². The van der Waals surface area contributed by atoms with E-state index in [1.165, 1.54) is 0 Å². The summed E-state index contributed by atoms with van der Waals surface area (Å²) in [4.78, 5) is 11.3. The predicted molar refractivity (Wildman–Crippen MR) is 49.0 cm³/mol.